The number of nitro groups is 1. The minimum absolute atomic E-state index is 0.00826. The van der Waals surface area contributed by atoms with Gasteiger partial charge in [0.15, 0.2) is 0 Å². The van der Waals surface area contributed by atoms with Crippen LogP contribution in [0.2, 0.25) is 0 Å². The van der Waals surface area contributed by atoms with Crippen LogP contribution >= 0.6 is 0 Å². The molecule has 2 unspecified atom stereocenters. The Hall–Kier alpha value is -3.22. The first kappa shape index (κ1) is 23.1. The normalized spacial score (nSPS) is 12.7. The standard InChI is InChI=1S/C23H29N3O4/c1-5-17(3)24-23(28)18(4)25(15-19-10-8-9-16(2)13-19)22(27)14-20-11-6-7-12-21(20)26(29)30/h6-13,17-18H,5,14-15H2,1-4H3,(H,24,28). The van der Waals surface area contributed by atoms with Gasteiger partial charge in [0.05, 0.1) is 11.3 Å². The molecular formula is C23H29N3O4. The topological polar surface area (TPSA) is 92.6 Å². The summed E-state index contributed by atoms with van der Waals surface area (Å²) in [6, 6.07) is 13.2. The van der Waals surface area contributed by atoms with Crippen LogP contribution in [-0.4, -0.2) is 33.7 Å². The first-order valence-electron chi connectivity index (χ1n) is 10.1. The Morgan fingerprint density at radius 1 is 1.13 bits per heavy atom. The lowest BCUT2D eigenvalue weighted by Gasteiger charge is -2.30. The highest BCUT2D eigenvalue weighted by atomic mass is 16.6. The van der Waals surface area contributed by atoms with Crippen LogP contribution in [0.1, 0.15) is 43.9 Å². The predicted molar refractivity (Wildman–Crippen MR) is 116 cm³/mol. The molecule has 7 heteroatoms. The second kappa shape index (κ2) is 10.5. The van der Waals surface area contributed by atoms with Crippen LogP contribution in [0.3, 0.4) is 0 Å². The highest BCUT2D eigenvalue weighted by molar-refractivity contribution is 5.88. The lowest BCUT2D eigenvalue weighted by atomic mass is 10.1. The van der Waals surface area contributed by atoms with Crippen LogP contribution in [0.25, 0.3) is 0 Å². The number of carbonyl (C=O) groups is 2. The SMILES string of the molecule is CCC(C)NC(=O)C(C)N(Cc1cccc(C)c1)C(=O)Cc1ccccc1[N+](=O)[O-]. The zero-order chi connectivity index (χ0) is 22.3. The summed E-state index contributed by atoms with van der Waals surface area (Å²) < 4.78 is 0. The molecule has 0 saturated heterocycles. The minimum atomic E-state index is -0.713. The van der Waals surface area contributed by atoms with Crippen LogP contribution in [0.5, 0.6) is 0 Å². The molecule has 0 fully saturated rings. The third-order valence-electron chi connectivity index (χ3n) is 5.13. The Bertz CT molecular complexity index is 913. The quantitative estimate of drug-likeness (QED) is 0.502. The van der Waals surface area contributed by atoms with Gasteiger partial charge in [-0.1, -0.05) is 55.0 Å². The molecule has 2 rings (SSSR count). The third-order valence-corrected chi connectivity index (χ3v) is 5.13. The number of amides is 2. The molecule has 0 saturated carbocycles. The van der Waals surface area contributed by atoms with Crippen molar-refractivity contribution in [1.29, 1.82) is 0 Å². The van der Waals surface area contributed by atoms with Gasteiger partial charge in [-0.05, 0) is 32.8 Å². The van der Waals surface area contributed by atoms with Crippen molar-refractivity contribution in [3.63, 3.8) is 0 Å². The van der Waals surface area contributed by atoms with Crippen LogP contribution < -0.4 is 5.32 Å². The monoisotopic (exact) mass is 411 g/mol. The Morgan fingerprint density at radius 2 is 1.83 bits per heavy atom. The molecule has 2 atom stereocenters. The number of nitro benzene ring substituents is 1. The molecule has 2 amide bonds. The molecule has 0 spiro atoms. The number of hydrogen-bond donors (Lipinski definition) is 1. The van der Waals surface area contributed by atoms with Gasteiger partial charge >= 0.3 is 0 Å². The third kappa shape index (κ3) is 6.14. The largest absolute Gasteiger partial charge is 0.352 e. The molecular weight excluding hydrogens is 382 g/mol. The molecule has 2 aromatic carbocycles. The maximum absolute atomic E-state index is 13.2. The molecule has 0 heterocycles. The average molecular weight is 412 g/mol. The first-order chi connectivity index (χ1) is 14.2. The van der Waals surface area contributed by atoms with Crippen LogP contribution in [0, 0.1) is 17.0 Å². The number of nitrogens with one attached hydrogen (secondary N) is 1. The summed E-state index contributed by atoms with van der Waals surface area (Å²) in [5, 5.41) is 14.2. The molecule has 160 valence electrons. The Morgan fingerprint density at radius 3 is 2.47 bits per heavy atom. The minimum Gasteiger partial charge on any atom is -0.352 e. The average Bonchev–Trinajstić information content (AvgIpc) is 2.71. The van der Waals surface area contributed by atoms with Gasteiger partial charge in [0, 0.05) is 24.2 Å². The van der Waals surface area contributed by atoms with Crippen molar-refractivity contribution < 1.29 is 14.5 Å². The van der Waals surface area contributed by atoms with E-state index in [0.29, 0.717) is 5.56 Å². The van der Waals surface area contributed by atoms with Gasteiger partial charge in [-0.2, -0.15) is 0 Å². The van der Waals surface area contributed by atoms with Gasteiger partial charge in [-0.25, -0.2) is 0 Å². The molecule has 0 aliphatic carbocycles. The molecule has 7 nitrogen and oxygen atoms in total. The fourth-order valence-electron chi connectivity index (χ4n) is 3.16. The van der Waals surface area contributed by atoms with Crippen molar-refractivity contribution in [1.82, 2.24) is 10.2 Å². The van der Waals surface area contributed by atoms with E-state index in [1.807, 2.05) is 45.0 Å². The molecule has 1 N–H and O–H groups in total. The van der Waals surface area contributed by atoms with Crippen molar-refractivity contribution in [3.8, 4) is 0 Å². The summed E-state index contributed by atoms with van der Waals surface area (Å²) in [5.41, 5.74) is 2.18. The second-order valence-corrected chi connectivity index (χ2v) is 7.57. The van der Waals surface area contributed by atoms with E-state index >= 15 is 0 Å². The lowest BCUT2D eigenvalue weighted by molar-refractivity contribution is -0.385. The number of nitrogens with zero attached hydrogens (tertiary/aromatic N) is 2. The van der Waals surface area contributed by atoms with Crippen molar-refractivity contribution in [2.45, 2.75) is 59.2 Å². The molecule has 0 radical (unpaired) electrons. The number of hydrogen-bond acceptors (Lipinski definition) is 4. The number of benzene rings is 2. The molecule has 0 aliphatic rings. The van der Waals surface area contributed by atoms with E-state index in [1.54, 1.807) is 25.1 Å². The van der Waals surface area contributed by atoms with Gasteiger partial charge in [-0.3, -0.25) is 19.7 Å². The highest BCUT2D eigenvalue weighted by Gasteiger charge is 2.28. The van der Waals surface area contributed by atoms with E-state index in [0.717, 1.165) is 17.5 Å². The molecule has 30 heavy (non-hydrogen) atoms. The fourth-order valence-corrected chi connectivity index (χ4v) is 3.16. The Balaban J connectivity index is 2.31. The number of carbonyl (C=O) groups excluding carboxylic acids is 2. The van der Waals surface area contributed by atoms with Crippen molar-refractivity contribution in [2.75, 3.05) is 0 Å². The van der Waals surface area contributed by atoms with E-state index in [9.17, 15) is 19.7 Å². The summed E-state index contributed by atoms with van der Waals surface area (Å²) in [4.78, 5) is 38.2. The van der Waals surface area contributed by atoms with Gasteiger partial charge in [0.2, 0.25) is 11.8 Å². The van der Waals surface area contributed by atoms with Crippen molar-refractivity contribution in [3.05, 3.63) is 75.3 Å². The second-order valence-electron chi connectivity index (χ2n) is 7.57. The zero-order valence-electron chi connectivity index (χ0n) is 17.9. The molecule has 0 bridgehead atoms. The molecule has 0 aliphatic heterocycles. The van der Waals surface area contributed by atoms with E-state index in [1.165, 1.54) is 11.0 Å². The maximum atomic E-state index is 13.2. The predicted octanol–water partition coefficient (Wildman–Crippen LogP) is 3.78. The van der Waals surface area contributed by atoms with Gasteiger partial charge < -0.3 is 10.2 Å². The maximum Gasteiger partial charge on any atom is 0.273 e. The molecule has 0 aromatic heterocycles. The van der Waals surface area contributed by atoms with Crippen molar-refractivity contribution >= 4 is 17.5 Å². The Labute approximate surface area is 177 Å². The number of para-hydroxylation sites is 1. The van der Waals surface area contributed by atoms with Crippen molar-refractivity contribution in [2.24, 2.45) is 0 Å². The van der Waals surface area contributed by atoms with E-state index in [2.05, 4.69) is 5.32 Å². The summed E-state index contributed by atoms with van der Waals surface area (Å²) >= 11 is 0. The summed E-state index contributed by atoms with van der Waals surface area (Å²) in [5.74, 6) is -0.578. The number of rotatable bonds is 9. The zero-order valence-corrected chi connectivity index (χ0v) is 17.9. The van der Waals surface area contributed by atoms with E-state index < -0.39 is 11.0 Å². The lowest BCUT2D eigenvalue weighted by Crippen LogP contribution is -2.49. The fraction of sp³-hybridized carbons (Fsp3) is 0.391. The summed E-state index contributed by atoms with van der Waals surface area (Å²) in [6.07, 6.45) is 0.629. The van der Waals surface area contributed by atoms with Gasteiger partial charge in [0.25, 0.3) is 5.69 Å². The smallest absolute Gasteiger partial charge is 0.273 e. The van der Waals surface area contributed by atoms with E-state index in [-0.39, 0.29) is 36.5 Å². The Kier molecular flexibility index (Phi) is 8.09. The summed E-state index contributed by atoms with van der Waals surface area (Å²) in [6.45, 7) is 7.77. The summed E-state index contributed by atoms with van der Waals surface area (Å²) in [7, 11) is 0. The highest BCUT2D eigenvalue weighted by Crippen LogP contribution is 2.20. The van der Waals surface area contributed by atoms with Crippen LogP contribution in [0.4, 0.5) is 5.69 Å². The number of aryl methyl sites for hydroxylation is 1. The van der Waals surface area contributed by atoms with E-state index in [4.69, 9.17) is 0 Å². The van der Waals surface area contributed by atoms with Gasteiger partial charge in [0.1, 0.15) is 6.04 Å². The first-order valence-corrected chi connectivity index (χ1v) is 10.1. The van der Waals surface area contributed by atoms with Crippen LogP contribution in [0.15, 0.2) is 48.5 Å². The van der Waals surface area contributed by atoms with Crippen LogP contribution in [-0.2, 0) is 22.6 Å². The molecule has 2 aromatic rings. The van der Waals surface area contributed by atoms with Gasteiger partial charge in [-0.15, -0.1) is 0 Å².